The standard InChI is InChI=1S/C33H23F2N2O.C33H31F2N2O.C30H25F2N2O/c1-20-16-25-30(38-31-18-22(34)17-26(35)32(25)31)19-24(20)33-36(2)28-14-8-9-15-29(28)37(33)27-13-7-6-12-23(27)21-10-4-3-5-11-21;1-18(2)22-10-9-11-23(19(3)4)32(22)37-28-13-8-7-12-27(28)36(6)33(37)24-17-29-25(14-20(24)5)31-26(35)15-21(34)16-30(31)38-29;1-17(2)20-9-5-6-10-24(20)34-26-12-8-7-11-25(26)33(4)30(34)21-16-27-22(13-18(21)3)29-23(32)14-19(31)15-28(29)35-27/h3-19H,1-2H3;7-19H,1-6H3;5-17H,1-4H3/q3*+1. The number of hydrogen-bond donors (Lipinski definition) is 0. The van der Waals surface area contributed by atoms with E-state index in [9.17, 15) is 26.3 Å². The lowest BCUT2D eigenvalue weighted by molar-refractivity contribution is -0.634. The van der Waals surface area contributed by atoms with Gasteiger partial charge in [-0.05, 0) is 146 Å². The molecule has 550 valence electrons. The van der Waals surface area contributed by atoms with Crippen LogP contribution in [0.2, 0.25) is 0 Å². The molecule has 19 rings (SSSR count). The second-order valence-electron chi connectivity index (χ2n) is 29.9. The fourth-order valence-corrected chi connectivity index (χ4v) is 16.7. The summed E-state index contributed by atoms with van der Waals surface area (Å²) in [7, 11) is 6.19. The summed E-state index contributed by atoms with van der Waals surface area (Å²) in [6.07, 6.45) is 0. The highest BCUT2D eigenvalue weighted by Gasteiger charge is 2.35. The van der Waals surface area contributed by atoms with Crippen LogP contribution in [0, 0.1) is 55.7 Å². The van der Waals surface area contributed by atoms with Crippen molar-refractivity contribution in [1.29, 1.82) is 0 Å². The first-order valence-electron chi connectivity index (χ1n) is 37.4. The van der Waals surface area contributed by atoms with E-state index in [1.165, 1.54) is 40.6 Å². The molecule has 0 amide bonds. The van der Waals surface area contributed by atoms with Crippen LogP contribution in [0.4, 0.5) is 26.3 Å². The number of halogens is 6. The summed E-state index contributed by atoms with van der Waals surface area (Å²) in [4.78, 5) is 0. The molecule has 19 aromatic rings. The van der Waals surface area contributed by atoms with E-state index in [0.29, 0.717) is 66.8 Å². The first-order valence-corrected chi connectivity index (χ1v) is 37.4. The third kappa shape index (κ3) is 11.9. The number of fused-ring (bicyclic) bond motifs is 12. The zero-order chi connectivity index (χ0) is 77.3. The van der Waals surface area contributed by atoms with Gasteiger partial charge >= 0.3 is 0 Å². The second-order valence-corrected chi connectivity index (χ2v) is 29.9. The lowest BCUT2D eigenvalue weighted by Crippen LogP contribution is -2.30. The van der Waals surface area contributed by atoms with E-state index in [4.69, 9.17) is 13.3 Å². The maximum atomic E-state index is 14.8. The highest BCUT2D eigenvalue weighted by Crippen LogP contribution is 2.44. The van der Waals surface area contributed by atoms with Crippen molar-refractivity contribution in [1.82, 2.24) is 13.7 Å². The average molecular weight is 1480 g/mol. The molecule has 6 heterocycles. The average Bonchev–Trinajstić information content (AvgIpc) is 1.58. The minimum absolute atomic E-state index is 0.202. The van der Waals surface area contributed by atoms with Gasteiger partial charge in [0.05, 0.1) is 54.0 Å². The van der Waals surface area contributed by atoms with E-state index in [-0.39, 0.29) is 16.7 Å². The van der Waals surface area contributed by atoms with Crippen LogP contribution < -0.4 is 13.7 Å². The summed E-state index contributed by atoms with van der Waals surface area (Å²) in [5.74, 6) is 0.125. The smallest absolute Gasteiger partial charge is 0.295 e. The number of para-hydroxylation sites is 9. The van der Waals surface area contributed by atoms with Crippen LogP contribution in [0.1, 0.15) is 92.7 Å². The lowest BCUT2D eigenvalue weighted by atomic mass is 9.92. The highest BCUT2D eigenvalue weighted by atomic mass is 19.2. The molecule has 0 fully saturated rings. The normalized spacial score (nSPS) is 11.9. The Morgan fingerprint density at radius 3 is 1.03 bits per heavy atom. The van der Waals surface area contributed by atoms with Crippen molar-refractivity contribution in [2.75, 3.05) is 0 Å². The Labute approximate surface area is 636 Å². The van der Waals surface area contributed by atoms with Crippen molar-refractivity contribution in [2.24, 2.45) is 21.1 Å². The van der Waals surface area contributed by atoms with Crippen molar-refractivity contribution < 1.29 is 53.3 Å². The van der Waals surface area contributed by atoms with E-state index >= 15 is 0 Å². The fourth-order valence-electron chi connectivity index (χ4n) is 16.7. The number of furan rings is 3. The molecule has 111 heavy (non-hydrogen) atoms. The predicted octanol–water partition coefficient (Wildman–Crippen LogP) is 24.9. The number of hydrogen-bond acceptors (Lipinski definition) is 3. The number of nitrogens with zero attached hydrogens (tertiary/aromatic N) is 6. The van der Waals surface area contributed by atoms with Gasteiger partial charge < -0.3 is 13.3 Å². The van der Waals surface area contributed by atoms with Crippen molar-refractivity contribution in [3.63, 3.8) is 0 Å². The molecular formula is C96H79F6N6O3+3. The first-order chi connectivity index (χ1) is 53.5. The lowest BCUT2D eigenvalue weighted by Gasteiger charge is -2.18. The third-order valence-electron chi connectivity index (χ3n) is 21.9. The van der Waals surface area contributed by atoms with Crippen molar-refractivity contribution >= 4 is 98.9 Å². The van der Waals surface area contributed by atoms with Crippen LogP contribution in [-0.4, -0.2) is 13.7 Å². The van der Waals surface area contributed by atoms with Crippen LogP contribution >= 0.6 is 0 Å². The molecule has 0 radical (unpaired) electrons. The van der Waals surface area contributed by atoms with E-state index in [2.05, 4.69) is 211 Å². The summed E-state index contributed by atoms with van der Waals surface area (Å²) in [6, 6.07) is 76.9. The molecule has 15 heteroatoms. The third-order valence-corrected chi connectivity index (χ3v) is 21.9. The molecule has 0 spiro atoms. The van der Waals surface area contributed by atoms with Crippen LogP contribution in [0.15, 0.2) is 256 Å². The van der Waals surface area contributed by atoms with Gasteiger partial charge in [0.1, 0.15) is 85.5 Å². The van der Waals surface area contributed by atoms with Gasteiger partial charge in [-0.15, -0.1) is 0 Å². The molecule has 0 saturated heterocycles. The molecule has 0 aliphatic carbocycles. The number of rotatable bonds is 10. The molecule has 0 bridgehead atoms. The van der Waals surface area contributed by atoms with Crippen LogP contribution in [-0.2, 0) is 21.1 Å². The predicted molar refractivity (Wildman–Crippen MR) is 433 cm³/mol. The van der Waals surface area contributed by atoms with E-state index in [0.717, 1.165) is 125 Å². The zero-order valence-electron chi connectivity index (χ0n) is 63.5. The van der Waals surface area contributed by atoms with Crippen LogP contribution in [0.25, 0.3) is 161 Å². The van der Waals surface area contributed by atoms with Crippen LogP contribution in [0.5, 0.6) is 0 Å². The summed E-state index contributed by atoms with van der Waals surface area (Å²) in [5, 5.41) is 2.85. The largest absolute Gasteiger partial charge is 0.456 e. The van der Waals surface area contributed by atoms with Gasteiger partial charge in [-0.3, -0.25) is 0 Å². The Bertz CT molecular complexity index is 6960. The maximum absolute atomic E-state index is 14.8. The zero-order valence-corrected chi connectivity index (χ0v) is 63.5. The Morgan fingerprint density at radius 2 is 0.622 bits per heavy atom. The number of imidazole rings is 3. The van der Waals surface area contributed by atoms with E-state index in [1.807, 2.05) is 106 Å². The first kappa shape index (κ1) is 71.2. The summed E-state index contributed by atoms with van der Waals surface area (Å²) in [6.45, 7) is 19.4. The summed E-state index contributed by atoms with van der Waals surface area (Å²) >= 11 is 0. The van der Waals surface area contributed by atoms with Gasteiger partial charge in [0.15, 0.2) is 33.1 Å². The van der Waals surface area contributed by atoms with Gasteiger partial charge in [-0.1, -0.05) is 163 Å². The Kier molecular flexibility index (Phi) is 17.8. The topological polar surface area (TPSA) is 65.8 Å². The molecule has 0 N–H and O–H groups in total. The van der Waals surface area contributed by atoms with Gasteiger partial charge in [0.25, 0.3) is 17.5 Å². The molecule has 0 aliphatic heterocycles. The SMILES string of the molecule is Cc1cc2c(cc1-c1n(-c3c(C(C)C)cccc3C(C)C)c3ccccc3[n+]1C)oc1cc(F)cc(F)c12.Cc1cc2c(cc1-c1n(-c3ccccc3-c3ccccc3)c3ccccc3[n+]1C)oc1cc(F)cc(F)c12.Cc1cc2c(cc1-c1n(-c3ccccc3C(C)C)c3ccccc3[n+]1C)oc1cc(F)cc(F)c12. The van der Waals surface area contributed by atoms with Gasteiger partial charge in [0, 0.05) is 74.8 Å². The minimum Gasteiger partial charge on any atom is -0.456 e. The molecule has 9 nitrogen and oxygen atoms in total. The monoisotopic (exact) mass is 1480 g/mol. The van der Waals surface area contributed by atoms with Gasteiger partial charge in [0.2, 0.25) is 0 Å². The molecule has 0 atom stereocenters. The second kappa shape index (κ2) is 27.7. The highest BCUT2D eigenvalue weighted by molar-refractivity contribution is 6.09. The minimum atomic E-state index is -0.657. The molecule has 6 aromatic heterocycles. The molecular weight excluding hydrogens is 1400 g/mol. The van der Waals surface area contributed by atoms with Gasteiger partial charge in [-0.25, -0.2) is 40.0 Å². The van der Waals surface area contributed by atoms with E-state index in [1.54, 1.807) is 0 Å². The Morgan fingerprint density at radius 1 is 0.297 bits per heavy atom. The summed E-state index contributed by atoms with van der Waals surface area (Å²) < 4.78 is 117. The quantitative estimate of drug-likeness (QED) is 0.101. The van der Waals surface area contributed by atoms with Crippen molar-refractivity contribution in [3.05, 3.63) is 311 Å². The number of aryl methyl sites for hydroxylation is 6. The molecule has 13 aromatic carbocycles. The van der Waals surface area contributed by atoms with Crippen molar-refractivity contribution in [2.45, 2.75) is 80.1 Å². The summed E-state index contributed by atoms with van der Waals surface area (Å²) in [5.41, 5.74) is 23.9. The fraction of sp³-hybridized carbons (Fsp3) is 0.156. The Balaban J connectivity index is 0.000000121. The number of aromatic nitrogens is 6. The molecule has 0 saturated carbocycles. The maximum Gasteiger partial charge on any atom is 0.295 e. The molecule has 0 aliphatic rings. The van der Waals surface area contributed by atoms with Gasteiger partial charge in [-0.2, -0.15) is 13.7 Å². The van der Waals surface area contributed by atoms with Crippen LogP contribution in [0.3, 0.4) is 0 Å². The van der Waals surface area contributed by atoms with Crippen molar-refractivity contribution in [3.8, 4) is 62.4 Å². The van der Waals surface area contributed by atoms with E-state index < -0.39 is 34.9 Å². The molecule has 0 unspecified atom stereocenters. The Hall–Kier alpha value is -12.8. The number of benzene rings is 13.